The molecule has 0 aromatic heterocycles. The van der Waals surface area contributed by atoms with E-state index in [4.69, 9.17) is 19.3 Å². The monoisotopic (exact) mass is 456 g/mol. The highest BCUT2D eigenvalue weighted by molar-refractivity contribution is 9.10. The third-order valence-electron chi connectivity index (χ3n) is 3.49. The Kier molecular flexibility index (Phi) is 6.99. The van der Waals surface area contributed by atoms with Crippen LogP contribution in [0.2, 0.25) is 0 Å². The van der Waals surface area contributed by atoms with Crippen LogP contribution in [0, 0.1) is 0 Å². The molecule has 1 saturated heterocycles. The average molecular weight is 457 g/mol. The van der Waals surface area contributed by atoms with E-state index < -0.39 is 30.4 Å². The van der Waals surface area contributed by atoms with Crippen LogP contribution in [0.1, 0.15) is 12.5 Å². The summed E-state index contributed by atoms with van der Waals surface area (Å²) in [6, 6.07) is 2.23. The third-order valence-corrected chi connectivity index (χ3v) is 4.18. The second-order valence-corrected chi connectivity index (χ2v) is 6.25. The summed E-state index contributed by atoms with van der Waals surface area (Å²) < 4.78 is 15.9. The zero-order valence-electron chi connectivity index (χ0n) is 15.0. The number of esters is 1. The predicted molar refractivity (Wildman–Crippen MR) is 98.7 cm³/mol. The molecule has 1 fully saturated rings. The number of ether oxygens (including phenoxy) is 3. The number of nitrogens with zero attached hydrogens (tertiary/aromatic N) is 1. The van der Waals surface area contributed by atoms with Gasteiger partial charge in [-0.3, -0.25) is 9.59 Å². The minimum atomic E-state index is -1.31. The number of methoxy groups -OCH3 is 1. The molecule has 3 amide bonds. The van der Waals surface area contributed by atoms with Gasteiger partial charge in [-0.25, -0.2) is 14.5 Å². The third kappa shape index (κ3) is 5.00. The summed E-state index contributed by atoms with van der Waals surface area (Å²) in [6.45, 7) is 0.856. The molecule has 11 heteroatoms. The molecule has 0 bridgehead atoms. The van der Waals surface area contributed by atoms with E-state index in [2.05, 4.69) is 21.2 Å². The van der Waals surface area contributed by atoms with Gasteiger partial charge in [0, 0.05) is 4.47 Å². The number of carbonyl (C=O) groups excluding carboxylic acids is 3. The molecule has 1 aliphatic heterocycles. The minimum Gasteiger partial charge on any atom is -0.493 e. The van der Waals surface area contributed by atoms with Crippen molar-refractivity contribution in [2.75, 3.05) is 26.9 Å². The number of hydrogen-bond acceptors (Lipinski definition) is 7. The van der Waals surface area contributed by atoms with Gasteiger partial charge in [0.2, 0.25) is 0 Å². The number of urea groups is 1. The highest BCUT2D eigenvalue weighted by Gasteiger charge is 2.35. The molecule has 0 spiro atoms. The number of halogens is 1. The molecule has 2 rings (SSSR count). The zero-order valence-corrected chi connectivity index (χ0v) is 16.6. The van der Waals surface area contributed by atoms with Crippen molar-refractivity contribution in [3.63, 3.8) is 0 Å². The largest absolute Gasteiger partial charge is 0.493 e. The number of aliphatic carboxylic acids is 1. The van der Waals surface area contributed by atoms with E-state index in [1.165, 1.54) is 25.3 Å². The number of carboxylic acid groups (broad SMARTS) is 1. The van der Waals surface area contributed by atoms with Gasteiger partial charge in [0.15, 0.2) is 18.1 Å². The molecule has 0 saturated carbocycles. The van der Waals surface area contributed by atoms with Crippen LogP contribution in [0.3, 0.4) is 0 Å². The van der Waals surface area contributed by atoms with Crippen molar-refractivity contribution in [2.24, 2.45) is 0 Å². The maximum Gasteiger partial charge on any atom is 0.344 e. The van der Waals surface area contributed by atoms with E-state index in [0.29, 0.717) is 14.9 Å². The van der Waals surface area contributed by atoms with Gasteiger partial charge < -0.3 is 24.6 Å². The summed E-state index contributed by atoms with van der Waals surface area (Å²) in [6.07, 6.45) is 1.36. The fourth-order valence-corrected chi connectivity index (χ4v) is 2.72. The molecular formula is C17H17BrN2O8. The molecule has 10 nitrogen and oxygen atoms in total. The number of rotatable bonds is 8. The Bertz CT molecular complexity index is 852. The SMILES string of the molecule is CCOC(=O)COc1cc(Br)c(/C=C2/NC(=O)N(CC(=O)O)C2=O)cc1OC. The Morgan fingerprint density at radius 3 is 2.61 bits per heavy atom. The first-order valence-electron chi connectivity index (χ1n) is 7.99. The summed E-state index contributed by atoms with van der Waals surface area (Å²) in [4.78, 5) is 46.8. The van der Waals surface area contributed by atoms with Crippen molar-refractivity contribution < 1.29 is 38.5 Å². The zero-order chi connectivity index (χ0) is 20.8. The van der Waals surface area contributed by atoms with Gasteiger partial charge in [-0.05, 0) is 30.7 Å². The molecule has 2 N–H and O–H groups in total. The molecule has 0 unspecified atom stereocenters. The van der Waals surface area contributed by atoms with Crippen LogP contribution in [0.15, 0.2) is 22.3 Å². The van der Waals surface area contributed by atoms with Crippen LogP contribution in [0.5, 0.6) is 11.5 Å². The molecule has 1 aliphatic rings. The first kappa shape index (κ1) is 21.2. The summed E-state index contributed by atoms with van der Waals surface area (Å²) in [5.41, 5.74) is 0.371. The number of benzene rings is 1. The Morgan fingerprint density at radius 2 is 2.00 bits per heavy atom. The second-order valence-electron chi connectivity index (χ2n) is 5.39. The van der Waals surface area contributed by atoms with E-state index in [1.54, 1.807) is 6.92 Å². The highest BCUT2D eigenvalue weighted by Crippen LogP contribution is 2.35. The van der Waals surface area contributed by atoms with Gasteiger partial charge in [-0.2, -0.15) is 0 Å². The lowest BCUT2D eigenvalue weighted by Gasteiger charge is -2.12. The summed E-state index contributed by atoms with van der Waals surface area (Å²) >= 11 is 3.32. The number of carbonyl (C=O) groups is 4. The highest BCUT2D eigenvalue weighted by atomic mass is 79.9. The van der Waals surface area contributed by atoms with E-state index in [9.17, 15) is 19.2 Å². The summed E-state index contributed by atoms with van der Waals surface area (Å²) in [5.74, 6) is -2.07. The molecule has 1 heterocycles. The number of carboxylic acids is 1. The Labute approximate surface area is 168 Å². The van der Waals surface area contributed by atoms with Gasteiger partial charge in [-0.15, -0.1) is 0 Å². The van der Waals surface area contributed by atoms with Crippen molar-refractivity contribution in [1.82, 2.24) is 10.2 Å². The standard InChI is InChI=1S/C17H17BrN2O8/c1-3-27-15(23)8-28-13-6-10(18)9(5-12(13)26-2)4-11-16(24)20(7-14(21)22)17(25)19-11/h4-6H,3,7-8H2,1-2H3,(H,19,25)(H,21,22)/b11-4+. The normalized spacial score (nSPS) is 14.8. The number of amides is 3. The lowest BCUT2D eigenvalue weighted by atomic mass is 10.1. The van der Waals surface area contributed by atoms with Gasteiger partial charge in [0.25, 0.3) is 5.91 Å². The van der Waals surface area contributed by atoms with Gasteiger partial charge >= 0.3 is 18.0 Å². The summed E-state index contributed by atoms with van der Waals surface area (Å²) in [7, 11) is 1.40. The maximum atomic E-state index is 12.2. The topological polar surface area (TPSA) is 131 Å². The molecule has 1 aromatic carbocycles. The van der Waals surface area contributed by atoms with E-state index in [0.717, 1.165) is 0 Å². The maximum absolute atomic E-state index is 12.2. The van der Waals surface area contributed by atoms with E-state index >= 15 is 0 Å². The van der Waals surface area contributed by atoms with Crippen molar-refractivity contribution in [3.8, 4) is 11.5 Å². The van der Waals surface area contributed by atoms with Gasteiger partial charge in [0.05, 0.1) is 13.7 Å². The van der Waals surface area contributed by atoms with Crippen molar-refractivity contribution >= 4 is 45.9 Å². The predicted octanol–water partition coefficient (Wildman–Crippen LogP) is 1.38. The van der Waals surface area contributed by atoms with Crippen molar-refractivity contribution in [1.29, 1.82) is 0 Å². The Hall–Kier alpha value is -3.08. The van der Waals surface area contributed by atoms with E-state index in [-0.39, 0.29) is 30.4 Å². The number of hydrogen-bond donors (Lipinski definition) is 2. The molecule has 0 atom stereocenters. The molecule has 1 aromatic rings. The minimum absolute atomic E-state index is 0.0887. The average Bonchev–Trinajstić information content (AvgIpc) is 2.89. The van der Waals surface area contributed by atoms with Crippen LogP contribution in [0.25, 0.3) is 6.08 Å². The lowest BCUT2D eigenvalue weighted by molar-refractivity contribution is -0.145. The molecule has 28 heavy (non-hydrogen) atoms. The van der Waals surface area contributed by atoms with Crippen LogP contribution < -0.4 is 14.8 Å². The first-order valence-corrected chi connectivity index (χ1v) is 8.78. The van der Waals surface area contributed by atoms with Crippen LogP contribution in [-0.2, 0) is 19.1 Å². The molecule has 0 aliphatic carbocycles. The van der Waals surface area contributed by atoms with E-state index in [1.807, 2.05) is 0 Å². The van der Waals surface area contributed by atoms with Gasteiger partial charge in [-0.1, -0.05) is 15.9 Å². The van der Waals surface area contributed by atoms with Crippen molar-refractivity contribution in [2.45, 2.75) is 6.92 Å². The smallest absolute Gasteiger partial charge is 0.344 e. The Balaban J connectivity index is 2.26. The van der Waals surface area contributed by atoms with Gasteiger partial charge in [0.1, 0.15) is 12.2 Å². The quantitative estimate of drug-likeness (QED) is 0.340. The molecule has 150 valence electrons. The molecular weight excluding hydrogens is 440 g/mol. The second kappa shape index (κ2) is 9.22. The Morgan fingerprint density at radius 1 is 1.29 bits per heavy atom. The molecule has 0 radical (unpaired) electrons. The fourth-order valence-electron chi connectivity index (χ4n) is 2.28. The van der Waals surface area contributed by atoms with Crippen molar-refractivity contribution in [3.05, 3.63) is 27.9 Å². The number of nitrogens with one attached hydrogen (secondary N) is 1. The summed E-state index contributed by atoms with van der Waals surface area (Å²) in [5, 5.41) is 11.1. The first-order chi connectivity index (χ1) is 13.3. The lowest BCUT2D eigenvalue weighted by Crippen LogP contribution is -2.35. The van der Waals surface area contributed by atoms with Crippen LogP contribution in [-0.4, -0.2) is 60.8 Å². The number of imide groups is 1. The van der Waals surface area contributed by atoms with Crippen LogP contribution in [0.4, 0.5) is 4.79 Å². The van der Waals surface area contributed by atoms with Crippen LogP contribution >= 0.6 is 15.9 Å². The fraction of sp³-hybridized carbons (Fsp3) is 0.294.